The molecule has 0 heterocycles. The molecule has 18 heavy (non-hydrogen) atoms. The standard InChI is InChI=1S/C11H18F3NO3/c1-4-5-18-9(16)8(6-7(2)3)15-10(17)11(12,13)14/h7-8H,4-6H2,1-3H3,(H,15,17)/t8-/m0/s1. The minimum Gasteiger partial charge on any atom is -0.464 e. The third-order valence-electron chi connectivity index (χ3n) is 2.00. The fraction of sp³-hybridized carbons (Fsp3) is 0.818. The molecule has 0 aromatic heterocycles. The smallest absolute Gasteiger partial charge is 0.464 e. The number of nitrogens with one attached hydrogen (secondary N) is 1. The number of carbonyl (C=O) groups is 2. The van der Waals surface area contributed by atoms with Crippen LogP contribution < -0.4 is 5.32 Å². The molecule has 1 atom stereocenters. The zero-order chi connectivity index (χ0) is 14.3. The van der Waals surface area contributed by atoms with Gasteiger partial charge in [-0.1, -0.05) is 20.8 Å². The summed E-state index contributed by atoms with van der Waals surface area (Å²) in [6.45, 7) is 5.36. The van der Waals surface area contributed by atoms with Crippen LogP contribution in [0.1, 0.15) is 33.6 Å². The van der Waals surface area contributed by atoms with Gasteiger partial charge in [-0.3, -0.25) is 4.79 Å². The van der Waals surface area contributed by atoms with Crippen molar-refractivity contribution >= 4 is 11.9 Å². The maximum atomic E-state index is 12.1. The normalized spacial score (nSPS) is 13.3. The van der Waals surface area contributed by atoms with Crippen LogP contribution >= 0.6 is 0 Å². The first kappa shape index (κ1) is 16.7. The van der Waals surface area contributed by atoms with Gasteiger partial charge in [-0.25, -0.2) is 4.79 Å². The highest BCUT2D eigenvalue weighted by molar-refractivity contribution is 5.87. The molecule has 0 aliphatic carbocycles. The van der Waals surface area contributed by atoms with E-state index >= 15 is 0 Å². The molecule has 0 saturated heterocycles. The summed E-state index contributed by atoms with van der Waals surface area (Å²) in [5.41, 5.74) is 0. The summed E-state index contributed by atoms with van der Waals surface area (Å²) in [6.07, 6.45) is -4.34. The van der Waals surface area contributed by atoms with Crippen molar-refractivity contribution in [3.8, 4) is 0 Å². The molecule has 0 spiro atoms. The Morgan fingerprint density at radius 1 is 1.28 bits per heavy atom. The number of alkyl halides is 3. The Bertz CT molecular complexity index is 290. The third kappa shape index (κ3) is 6.46. The second-order valence-corrected chi connectivity index (χ2v) is 4.32. The SMILES string of the molecule is CCCOC(=O)[C@H](CC(C)C)NC(=O)C(F)(F)F. The number of halogens is 3. The number of ether oxygens (including phenoxy) is 1. The molecule has 0 saturated carbocycles. The van der Waals surface area contributed by atoms with Gasteiger partial charge >= 0.3 is 18.1 Å². The average molecular weight is 269 g/mol. The average Bonchev–Trinajstić information content (AvgIpc) is 2.22. The highest BCUT2D eigenvalue weighted by Gasteiger charge is 2.41. The summed E-state index contributed by atoms with van der Waals surface area (Å²) in [4.78, 5) is 22.3. The summed E-state index contributed by atoms with van der Waals surface area (Å²) >= 11 is 0. The molecule has 0 rings (SSSR count). The van der Waals surface area contributed by atoms with Crippen LogP contribution in [0.2, 0.25) is 0 Å². The molecular weight excluding hydrogens is 251 g/mol. The Morgan fingerprint density at radius 3 is 2.22 bits per heavy atom. The molecule has 1 amide bonds. The van der Waals surface area contributed by atoms with Gasteiger partial charge in [0.1, 0.15) is 6.04 Å². The number of rotatable bonds is 6. The second kappa shape index (κ2) is 7.23. The van der Waals surface area contributed by atoms with Gasteiger partial charge in [-0.05, 0) is 18.8 Å². The van der Waals surface area contributed by atoms with Gasteiger partial charge in [0, 0.05) is 0 Å². The first-order chi connectivity index (χ1) is 8.18. The molecule has 0 aromatic carbocycles. The van der Waals surface area contributed by atoms with E-state index in [1.54, 1.807) is 26.1 Å². The van der Waals surface area contributed by atoms with E-state index in [1.807, 2.05) is 0 Å². The maximum absolute atomic E-state index is 12.1. The van der Waals surface area contributed by atoms with E-state index in [-0.39, 0.29) is 18.9 Å². The first-order valence-electron chi connectivity index (χ1n) is 5.72. The van der Waals surface area contributed by atoms with Crippen LogP contribution in [-0.2, 0) is 14.3 Å². The van der Waals surface area contributed by atoms with Gasteiger partial charge in [0.05, 0.1) is 6.61 Å². The van der Waals surface area contributed by atoms with Gasteiger partial charge < -0.3 is 10.1 Å². The van der Waals surface area contributed by atoms with Gasteiger partial charge in [0.15, 0.2) is 0 Å². The molecule has 0 aromatic rings. The van der Waals surface area contributed by atoms with E-state index in [2.05, 4.69) is 0 Å². The zero-order valence-electron chi connectivity index (χ0n) is 10.6. The van der Waals surface area contributed by atoms with Gasteiger partial charge in [0.2, 0.25) is 0 Å². The molecule has 1 N–H and O–H groups in total. The van der Waals surface area contributed by atoms with Gasteiger partial charge in [-0.2, -0.15) is 13.2 Å². The molecule has 4 nitrogen and oxygen atoms in total. The van der Waals surface area contributed by atoms with Crippen LogP contribution in [0, 0.1) is 5.92 Å². The van der Waals surface area contributed by atoms with Crippen molar-refractivity contribution in [2.45, 2.75) is 45.8 Å². The Hall–Kier alpha value is -1.27. The van der Waals surface area contributed by atoms with E-state index < -0.39 is 24.1 Å². The van der Waals surface area contributed by atoms with Gasteiger partial charge in [0.25, 0.3) is 0 Å². The lowest BCUT2D eigenvalue weighted by molar-refractivity contribution is -0.176. The van der Waals surface area contributed by atoms with Crippen molar-refractivity contribution in [2.24, 2.45) is 5.92 Å². The summed E-state index contributed by atoms with van der Waals surface area (Å²) in [6, 6.07) is -1.26. The minimum atomic E-state index is -5.00. The highest BCUT2D eigenvalue weighted by Crippen LogP contribution is 2.16. The van der Waals surface area contributed by atoms with Crippen molar-refractivity contribution in [1.29, 1.82) is 0 Å². The summed E-state index contributed by atoms with van der Waals surface area (Å²) in [5, 5.41) is 1.66. The first-order valence-corrected chi connectivity index (χ1v) is 5.72. The molecule has 0 aliphatic rings. The molecule has 0 fully saturated rings. The molecular formula is C11H18F3NO3. The number of hydrogen-bond acceptors (Lipinski definition) is 3. The van der Waals surface area contributed by atoms with E-state index in [9.17, 15) is 22.8 Å². The Balaban J connectivity index is 4.58. The number of carbonyl (C=O) groups excluding carboxylic acids is 2. The predicted octanol–water partition coefficient (Wildman–Crippen LogP) is 2.03. The predicted molar refractivity (Wildman–Crippen MR) is 58.7 cm³/mol. The van der Waals surface area contributed by atoms with Crippen molar-refractivity contribution in [3.05, 3.63) is 0 Å². The zero-order valence-corrected chi connectivity index (χ0v) is 10.6. The largest absolute Gasteiger partial charge is 0.471 e. The topological polar surface area (TPSA) is 55.4 Å². The van der Waals surface area contributed by atoms with Crippen LogP contribution in [0.25, 0.3) is 0 Å². The van der Waals surface area contributed by atoms with Crippen LogP contribution in [0.3, 0.4) is 0 Å². The van der Waals surface area contributed by atoms with Crippen LogP contribution in [0.5, 0.6) is 0 Å². The number of hydrogen-bond donors (Lipinski definition) is 1. The number of esters is 1. The summed E-state index contributed by atoms with van der Waals surface area (Å²) in [7, 11) is 0. The molecule has 0 radical (unpaired) electrons. The molecule has 0 aliphatic heterocycles. The Labute approximate surface area is 104 Å². The lowest BCUT2D eigenvalue weighted by atomic mass is 10.0. The van der Waals surface area contributed by atoms with Crippen LogP contribution in [-0.4, -0.2) is 30.7 Å². The van der Waals surface area contributed by atoms with Crippen molar-refractivity contribution in [2.75, 3.05) is 6.61 Å². The van der Waals surface area contributed by atoms with E-state index in [0.29, 0.717) is 6.42 Å². The lowest BCUT2D eigenvalue weighted by Gasteiger charge is -2.19. The summed E-state index contributed by atoms with van der Waals surface area (Å²) < 4.78 is 41.0. The fourth-order valence-electron chi connectivity index (χ4n) is 1.23. The highest BCUT2D eigenvalue weighted by atomic mass is 19.4. The lowest BCUT2D eigenvalue weighted by Crippen LogP contribution is -2.48. The van der Waals surface area contributed by atoms with E-state index in [1.165, 1.54) is 0 Å². The van der Waals surface area contributed by atoms with Crippen molar-refractivity contribution in [3.63, 3.8) is 0 Å². The Morgan fingerprint density at radius 2 is 1.83 bits per heavy atom. The quantitative estimate of drug-likeness (QED) is 0.751. The molecule has 0 unspecified atom stereocenters. The van der Waals surface area contributed by atoms with E-state index in [4.69, 9.17) is 4.74 Å². The summed E-state index contributed by atoms with van der Waals surface area (Å²) in [5.74, 6) is -3.00. The Kier molecular flexibility index (Phi) is 6.72. The molecule has 7 heteroatoms. The monoisotopic (exact) mass is 269 g/mol. The third-order valence-corrected chi connectivity index (χ3v) is 2.00. The van der Waals surface area contributed by atoms with E-state index in [0.717, 1.165) is 0 Å². The minimum absolute atomic E-state index is 0.0438. The second-order valence-electron chi connectivity index (χ2n) is 4.32. The fourth-order valence-corrected chi connectivity index (χ4v) is 1.23. The maximum Gasteiger partial charge on any atom is 0.471 e. The molecule has 0 bridgehead atoms. The van der Waals surface area contributed by atoms with Crippen molar-refractivity contribution in [1.82, 2.24) is 5.32 Å². The number of amides is 1. The molecule has 106 valence electrons. The van der Waals surface area contributed by atoms with Crippen LogP contribution in [0.15, 0.2) is 0 Å². The van der Waals surface area contributed by atoms with Crippen molar-refractivity contribution < 1.29 is 27.5 Å². The van der Waals surface area contributed by atoms with Gasteiger partial charge in [-0.15, -0.1) is 0 Å². The van der Waals surface area contributed by atoms with Crippen LogP contribution in [0.4, 0.5) is 13.2 Å².